The van der Waals surface area contributed by atoms with Gasteiger partial charge < -0.3 is 14.4 Å². The molecule has 0 bridgehead atoms. The lowest BCUT2D eigenvalue weighted by atomic mass is 9.96. The first-order valence-electron chi connectivity index (χ1n) is 8.90. The smallest absolute Gasteiger partial charge is 0.289 e. The highest BCUT2D eigenvalue weighted by Crippen LogP contribution is 2.29. The van der Waals surface area contributed by atoms with Crippen molar-refractivity contribution in [3.8, 4) is 5.75 Å². The number of anilines is 1. The molecule has 1 aromatic heterocycles. The van der Waals surface area contributed by atoms with E-state index < -0.39 is 11.8 Å². The van der Waals surface area contributed by atoms with Crippen LogP contribution in [-0.2, 0) is 16.0 Å². The third-order valence-corrected chi connectivity index (χ3v) is 5.74. The first-order valence-corrected chi connectivity index (χ1v) is 10.2. The molecule has 2 N–H and O–H groups in total. The molecule has 0 radical (unpaired) electrons. The summed E-state index contributed by atoms with van der Waals surface area (Å²) in [5.74, 6) is -0.451. The van der Waals surface area contributed by atoms with Gasteiger partial charge in [0, 0.05) is 23.5 Å². The molecule has 0 saturated carbocycles. The molecule has 1 saturated heterocycles. The van der Waals surface area contributed by atoms with E-state index in [2.05, 4.69) is 20.7 Å². The molecule has 3 heterocycles. The van der Waals surface area contributed by atoms with Crippen molar-refractivity contribution in [1.82, 2.24) is 15.8 Å². The van der Waals surface area contributed by atoms with E-state index in [0.29, 0.717) is 24.7 Å². The zero-order chi connectivity index (χ0) is 19.5. The number of halogens is 1. The largest absolute Gasteiger partial charge is 0.492 e. The van der Waals surface area contributed by atoms with Crippen LogP contribution in [0.5, 0.6) is 5.75 Å². The van der Waals surface area contributed by atoms with E-state index >= 15 is 0 Å². The van der Waals surface area contributed by atoms with Crippen LogP contribution in [0.2, 0.25) is 5.02 Å². The molecule has 0 spiro atoms. The lowest BCUT2D eigenvalue weighted by Crippen LogP contribution is -2.47. The number of morpholine rings is 1. The van der Waals surface area contributed by atoms with Gasteiger partial charge in [-0.1, -0.05) is 11.6 Å². The van der Waals surface area contributed by atoms with Gasteiger partial charge in [0.2, 0.25) is 5.91 Å². The van der Waals surface area contributed by atoms with Crippen LogP contribution in [0.3, 0.4) is 0 Å². The van der Waals surface area contributed by atoms with Gasteiger partial charge in [-0.05, 0) is 30.2 Å². The quantitative estimate of drug-likeness (QED) is 0.730. The van der Waals surface area contributed by atoms with Crippen LogP contribution in [-0.4, -0.2) is 49.7 Å². The van der Waals surface area contributed by atoms with Crippen LogP contribution >= 0.6 is 22.9 Å². The minimum Gasteiger partial charge on any atom is -0.492 e. The molecule has 1 unspecified atom stereocenters. The van der Waals surface area contributed by atoms with Crippen molar-refractivity contribution >= 4 is 39.9 Å². The average molecular weight is 423 g/mol. The number of hydrogen-bond donors (Lipinski definition) is 2. The van der Waals surface area contributed by atoms with Crippen LogP contribution in [0.15, 0.2) is 23.6 Å². The van der Waals surface area contributed by atoms with Crippen LogP contribution in [0.4, 0.5) is 5.13 Å². The summed E-state index contributed by atoms with van der Waals surface area (Å²) in [4.78, 5) is 31.1. The van der Waals surface area contributed by atoms with Crippen molar-refractivity contribution in [2.24, 2.45) is 5.92 Å². The molecule has 2 aliphatic rings. The number of carbonyl (C=O) groups excluding carboxylic acids is 2. The topological polar surface area (TPSA) is 92.8 Å². The first-order chi connectivity index (χ1) is 13.6. The van der Waals surface area contributed by atoms with Gasteiger partial charge in [0.25, 0.3) is 5.91 Å². The number of amides is 2. The maximum atomic E-state index is 12.4. The van der Waals surface area contributed by atoms with Gasteiger partial charge >= 0.3 is 0 Å². The van der Waals surface area contributed by atoms with Gasteiger partial charge in [-0.15, -0.1) is 11.3 Å². The number of hydrazine groups is 1. The van der Waals surface area contributed by atoms with Gasteiger partial charge in [-0.25, -0.2) is 4.98 Å². The standard InChI is InChI=1S/C18H19ClN4O4S/c19-13-1-2-15-11(8-13)7-12(9-27-15)16(24)21-22-17(25)14-10-28-18(20-14)23-3-5-26-6-4-23/h1-2,8,10,12H,3-7,9H2,(H,21,24)(H,22,25). The van der Waals surface area contributed by atoms with Crippen LogP contribution in [0, 0.1) is 5.92 Å². The SMILES string of the molecule is O=C(NNC(=O)C1COc2ccc(Cl)cc2C1)c1csc(N2CCOCC2)n1. The monoisotopic (exact) mass is 422 g/mol. The highest BCUT2D eigenvalue weighted by Gasteiger charge is 2.27. The number of carbonyl (C=O) groups is 2. The Bertz CT molecular complexity index is 884. The third-order valence-electron chi connectivity index (χ3n) is 4.61. The summed E-state index contributed by atoms with van der Waals surface area (Å²) in [6, 6.07) is 5.33. The Kier molecular flexibility index (Phi) is 5.65. The summed E-state index contributed by atoms with van der Waals surface area (Å²) in [6.07, 6.45) is 0.496. The molecule has 0 aliphatic carbocycles. The fraction of sp³-hybridized carbons (Fsp3) is 0.389. The summed E-state index contributed by atoms with van der Waals surface area (Å²) in [5.41, 5.74) is 6.04. The molecule has 2 aromatic rings. The van der Waals surface area contributed by atoms with Crippen molar-refractivity contribution in [3.63, 3.8) is 0 Å². The van der Waals surface area contributed by atoms with E-state index in [0.717, 1.165) is 29.5 Å². The van der Waals surface area contributed by atoms with E-state index in [4.69, 9.17) is 21.1 Å². The summed E-state index contributed by atoms with van der Waals surface area (Å²) in [5, 5.41) is 3.04. The molecular weight excluding hydrogens is 404 g/mol. The number of thiazole rings is 1. The molecule has 10 heteroatoms. The lowest BCUT2D eigenvalue weighted by Gasteiger charge is -2.26. The molecule has 2 aliphatic heterocycles. The van der Waals surface area contributed by atoms with E-state index in [9.17, 15) is 9.59 Å². The molecule has 2 amide bonds. The number of nitrogens with one attached hydrogen (secondary N) is 2. The number of nitrogens with zero attached hydrogens (tertiary/aromatic N) is 2. The van der Waals surface area contributed by atoms with Crippen LogP contribution in [0.25, 0.3) is 0 Å². The van der Waals surface area contributed by atoms with Gasteiger partial charge in [0.15, 0.2) is 5.13 Å². The van der Waals surface area contributed by atoms with Crippen LogP contribution < -0.4 is 20.5 Å². The minimum absolute atomic E-state index is 0.244. The molecule has 148 valence electrons. The predicted octanol–water partition coefficient (Wildman–Crippen LogP) is 1.65. The normalized spacial score (nSPS) is 18.8. The van der Waals surface area contributed by atoms with Crippen molar-refractivity contribution in [2.45, 2.75) is 6.42 Å². The average Bonchev–Trinajstić information content (AvgIpc) is 3.22. The number of aromatic nitrogens is 1. The molecular formula is C18H19ClN4O4S. The highest BCUT2D eigenvalue weighted by atomic mass is 35.5. The maximum Gasteiger partial charge on any atom is 0.289 e. The molecule has 8 nitrogen and oxygen atoms in total. The minimum atomic E-state index is -0.454. The van der Waals surface area contributed by atoms with Crippen molar-refractivity contribution in [1.29, 1.82) is 0 Å². The van der Waals surface area contributed by atoms with Crippen LogP contribution in [0.1, 0.15) is 16.1 Å². The Balaban J connectivity index is 1.31. The Morgan fingerprint density at radius 1 is 1.25 bits per heavy atom. The number of fused-ring (bicyclic) bond motifs is 1. The second kappa shape index (κ2) is 8.34. The summed E-state index contributed by atoms with van der Waals surface area (Å²) in [7, 11) is 0. The Labute approximate surface area is 170 Å². The molecule has 1 aromatic carbocycles. The van der Waals surface area contributed by atoms with Gasteiger partial charge in [0.05, 0.1) is 19.1 Å². The van der Waals surface area contributed by atoms with Gasteiger partial charge in [-0.2, -0.15) is 0 Å². The van der Waals surface area contributed by atoms with Crippen molar-refractivity contribution in [2.75, 3.05) is 37.8 Å². The fourth-order valence-corrected chi connectivity index (χ4v) is 4.14. The number of benzene rings is 1. The Hall–Kier alpha value is -2.36. The third kappa shape index (κ3) is 4.21. The zero-order valence-electron chi connectivity index (χ0n) is 14.9. The fourth-order valence-electron chi connectivity index (χ4n) is 3.08. The molecule has 1 atom stereocenters. The Morgan fingerprint density at radius 2 is 2.07 bits per heavy atom. The predicted molar refractivity (Wildman–Crippen MR) is 105 cm³/mol. The second-order valence-corrected chi connectivity index (χ2v) is 7.80. The van der Waals surface area contributed by atoms with Gasteiger partial charge in [0.1, 0.15) is 18.1 Å². The molecule has 4 rings (SSSR count). The first kappa shape index (κ1) is 19.0. The van der Waals surface area contributed by atoms with Gasteiger partial charge in [-0.3, -0.25) is 20.4 Å². The Morgan fingerprint density at radius 3 is 2.89 bits per heavy atom. The number of ether oxygens (including phenoxy) is 2. The number of hydrogen-bond acceptors (Lipinski definition) is 7. The summed E-state index contributed by atoms with van der Waals surface area (Å²) < 4.78 is 10.9. The van der Waals surface area contributed by atoms with E-state index in [1.54, 1.807) is 23.6 Å². The van der Waals surface area contributed by atoms with E-state index in [-0.39, 0.29) is 18.2 Å². The second-order valence-electron chi connectivity index (χ2n) is 6.52. The maximum absolute atomic E-state index is 12.4. The zero-order valence-corrected chi connectivity index (χ0v) is 16.5. The number of rotatable bonds is 3. The highest BCUT2D eigenvalue weighted by molar-refractivity contribution is 7.13. The molecule has 28 heavy (non-hydrogen) atoms. The van der Waals surface area contributed by atoms with Crippen molar-refractivity contribution in [3.05, 3.63) is 39.9 Å². The van der Waals surface area contributed by atoms with E-state index in [1.807, 2.05) is 0 Å². The molecule has 1 fully saturated rings. The summed E-state index contributed by atoms with van der Waals surface area (Å²) >= 11 is 7.40. The lowest BCUT2D eigenvalue weighted by molar-refractivity contribution is -0.127. The van der Waals surface area contributed by atoms with E-state index in [1.165, 1.54) is 11.3 Å². The summed E-state index contributed by atoms with van der Waals surface area (Å²) in [6.45, 7) is 3.04. The van der Waals surface area contributed by atoms with Crippen molar-refractivity contribution < 1.29 is 19.1 Å².